The number of hydrogen-bond donors (Lipinski definition) is 1. The molecule has 0 aliphatic heterocycles. The maximum atomic E-state index is 12.2. The summed E-state index contributed by atoms with van der Waals surface area (Å²) < 4.78 is 1.74. The molecule has 1 N–H and O–H groups in total. The van der Waals surface area contributed by atoms with Crippen LogP contribution in [-0.2, 0) is 5.54 Å². The molecule has 0 aliphatic carbocycles. The van der Waals surface area contributed by atoms with E-state index in [1.54, 1.807) is 29.1 Å². The predicted molar refractivity (Wildman–Crippen MR) is 68.8 cm³/mol. The molecule has 0 amide bonds. The Bertz CT molecular complexity index is 579. The lowest BCUT2D eigenvalue weighted by Gasteiger charge is -2.18. The second-order valence-corrected chi connectivity index (χ2v) is 5.19. The van der Waals surface area contributed by atoms with Crippen LogP contribution < -0.4 is 0 Å². The number of carbonyl (C=O) groups excluding carboxylic acids is 1. The lowest BCUT2D eigenvalue weighted by Crippen LogP contribution is -2.22. The highest BCUT2D eigenvalue weighted by Gasteiger charge is 2.19. The van der Waals surface area contributed by atoms with Gasteiger partial charge in [0.2, 0.25) is 0 Å². The molecule has 4 nitrogen and oxygen atoms in total. The molecule has 0 radical (unpaired) electrons. The second-order valence-electron chi connectivity index (χ2n) is 5.19. The molecular weight excluding hydrogens is 228 g/mol. The minimum Gasteiger partial charge on any atom is -0.507 e. The zero-order valence-corrected chi connectivity index (χ0v) is 10.7. The fraction of sp³-hybridized carbons (Fsp3) is 0.286. The summed E-state index contributed by atoms with van der Waals surface area (Å²) in [5.41, 5.74) is 0.606. The summed E-state index contributed by atoms with van der Waals surface area (Å²) in [4.78, 5) is 12.2. The third kappa shape index (κ3) is 2.27. The number of aromatic nitrogens is 2. The largest absolute Gasteiger partial charge is 0.507 e. The van der Waals surface area contributed by atoms with Crippen molar-refractivity contribution >= 4 is 5.78 Å². The first-order chi connectivity index (χ1) is 8.39. The number of aromatic hydroxyl groups is 1. The molecule has 2 aromatic rings. The second kappa shape index (κ2) is 4.29. The van der Waals surface area contributed by atoms with Crippen molar-refractivity contribution in [1.82, 2.24) is 9.78 Å². The van der Waals surface area contributed by atoms with Crippen molar-refractivity contribution in [2.75, 3.05) is 0 Å². The lowest BCUT2D eigenvalue weighted by molar-refractivity contribution is 0.103. The van der Waals surface area contributed by atoms with Gasteiger partial charge in [0.1, 0.15) is 5.75 Å². The molecule has 0 fully saturated rings. The van der Waals surface area contributed by atoms with Gasteiger partial charge in [0.05, 0.1) is 22.9 Å². The summed E-state index contributed by atoms with van der Waals surface area (Å²) in [5, 5.41) is 13.8. The van der Waals surface area contributed by atoms with Crippen LogP contribution in [-0.4, -0.2) is 20.7 Å². The average molecular weight is 244 g/mol. The van der Waals surface area contributed by atoms with E-state index < -0.39 is 0 Å². The predicted octanol–water partition coefficient (Wildman–Crippen LogP) is 2.57. The van der Waals surface area contributed by atoms with Crippen molar-refractivity contribution < 1.29 is 9.90 Å². The van der Waals surface area contributed by atoms with E-state index >= 15 is 0 Å². The zero-order valence-electron chi connectivity index (χ0n) is 10.7. The Morgan fingerprint density at radius 1 is 1.28 bits per heavy atom. The first-order valence-electron chi connectivity index (χ1n) is 5.77. The van der Waals surface area contributed by atoms with Gasteiger partial charge in [0.25, 0.3) is 0 Å². The zero-order chi connectivity index (χ0) is 13.3. The van der Waals surface area contributed by atoms with E-state index in [0.29, 0.717) is 11.1 Å². The highest BCUT2D eigenvalue weighted by molar-refractivity contribution is 6.10. The number of carbonyl (C=O) groups is 1. The normalized spacial score (nSPS) is 11.5. The maximum Gasteiger partial charge on any atom is 0.199 e. The van der Waals surface area contributed by atoms with E-state index in [1.165, 1.54) is 12.3 Å². The minimum absolute atomic E-state index is 0.00833. The van der Waals surface area contributed by atoms with Crippen molar-refractivity contribution in [2.24, 2.45) is 0 Å². The summed E-state index contributed by atoms with van der Waals surface area (Å²) >= 11 is 0. The molecule has 94 valence electrons. The SMILES string of the molecule is CC(C)(C)n1cc(C(=O)c2ccccc2O)cn1. The molecule has 0 aliphatic rings. The number of phenolic OH excluding ortho intramolecular Hbond substituents is 1. The number of ketones is 1. The number of rotatable bonds is 2. The molecule has 0 unspecified atom stereocenters. The van der Waals surface area contributed by atoms with Gasteiger partial charge in [-0.2, -0.15) is 5.10 Å². The Labute approximate surface area is 106 Å². The van der Waals surface area contributed by atoms with E-state index in [1.807, 2.05) is 20.8 Å². The molecule has 1 aromatic heterocycles. The van der Waals surface area contributed by atoms with Gasteiger partial charge >= 0.3 is 0 Å². The summed E-state index contributed by atoms with van der Waals surface area (Å²) in [5.74, 6) is -0.227. The molecule has 2 rings (SSSR count). The van der Waals surface area contributed by atoms with Gasteiger partial charge in [0, 0.05) is 6.20 Å². The van der Waals surface area contributed by atoms with Crippen molar-refractivity contribution in [2.45, 2.75) is 26.3 Å². The first-order valence-corrected chi connectivity index (χ1v) is 5.77. The average Bonchev–Trinajstić information content (AvgIpc) is 2.77. The van der Waals surface area contributed by atoms with Crippen LogP contribution in [0.2, 0.25) is 0 Å². The molecule has 18 heavy (non-hydrogen) atoms. The monoisotopic (exact) mass is 244 g/mol. The van der Waals surface area contributed by atoms with Crippen LogP contribution in [0.1, 0.15) is 36.7 Å². The van der Waals surface area contributed by atoms with E-state index in [4.69, 9.17) is 0 Å². The van der Waals surface area contributed by atoms with Crippen LogP contribution in [0, 0.1) is 0 Å². The Kier molecular flexibility index (Phi) is 2.95. The highest BCUT2D eigenvalue weighted by atomic mass is 16.3. The number of phenols is 1. The summed E-state index contributed by atoms with van der Waals surface area (Å²) in [7, 11) is 0. The maximum absolute atomic E-state index is 12.2. The number of nitrogens with zero attached hydrogens (tertiary/aromatic N) is 2. The van der Waals surface area contributed by atoms with Crippen molar-refractivity contribution in [3.63, 3.8) is 0 Å². The van der Waals surface area contributed by atoms with Crippen molar-refractivity contribution in [3.8, 4) is 5.75 Å². The van der Waals surface area contributed by atoms with Gasteiger partial charge in [-0.05, 0) is 32.9 Å². The lowest BCUT2D eigenvalue weighted by atomic mass is 10.1. The van der Waals surface area contributed by atoms with E-state index in [9.17, 15) is 9.90 Å². The Morgan fingerprint density at radius 3 is 2.50 bits per heavy atom. The van der Waals surface area contributed by atoms with Gasteiger partial charge in [-0.3, -0.25) is 9.48 Å². The molecule has 0 spiro atoms. The first kappa shape index (κ1) is 12.4. The third-order valence-electron chi connectivity index (χ3n) is 2.68. The minimum atomic E-state index is -0.219. The molecule has 4 heteroatoms. The Hall–Kier alpha value is -2.10. The molecule has 0 atom stereocenters. The van der Waals surface area contributed by atoms with Crippen LogP contribution in [0.4, 0.5) is 0 Å². The van der Waals surface area contributed by atoms with Crippen LogP contribution >= 0.6 is 0 Å². The van der Waals surface area contributed by atoms with E-state index in [-0.39, 0.29) is 17.1 Å². The summed E-state index contributed by atoms with van der Waals surface area (Å²) in [6.07, 6.45) is 3.23. The van der Waals surface area contributed by atoms with Crippen molar-refractivity contribution in [3.05, 3.63) is 47.8 Å². The van der Waals surface area contributed by atoms with Crippen LogP contribution in [0.3, 0.4) is 0 Å². The van der Waals surface area contributed by atoms with Crippen LogP contribution in [0.25, 0.3) is 0 Å². The summed E-state index contributed by atoms with van der Waals surface area (Å²) in [6, 6.07) is 6.51. The molecule has 0 bridgehead atoms. The standard InChI is InChI=1S/C14H16N2O2/c1-14(2,3)16-9-10(8-15-16)13(18)11-6-4-5-7-12(11)17/h4-9,17H,1-3H3. The molecular formula is C14H16N2O2. The number of hydrogen-bond acceptors (Lipinski definition) is 3. The molecule has 0 saturated carbocycles. The topological polar surface area (TPSA) is 55.1 Å². The smallest absolute Gasteiger partial charge is 0.199 e. The molecule has 1 heterocycles. The van der Waals surface area contributed by atoms with Crippen LogP contribution in [0.5, 0.6) is 5.75 Å². The Morgan fingerprint density at radius 2 is 1.94 bits per heavy atom. The highest BCUT2D eigenvalue weighted by Crippen LogP contribution is 2.21. The number of benzene rings is 1. The van der Waals surface area contributed by atoms with Crippen LogP contribution in [0.15, 0.2) is 36.7 Å². The van der Waals surface area contributed by atoms with Gasteiger partial charge in [-0.1, -0.05) is 12.1 Å². The third-order valence-corrected chi connectivity index (χ3v) is 2.68. The number of para-hydroxylation sites is 1. The Balaban J connectivity index is 2.36. The van der Waals surface area contributed by atoms with E-state index in [0.717, 1.165) is 0 Å². The molecule has 0 saturated heterocycles. The quantitative estimate of drug-likeness (QED) is 0.826. The van der Waals surface area contributed by atoms with Gasteiger partial charge in [-0.25, -0.2) is 0 Å². The van der Waals surface area contributed by atoms with E-state index in [2.05, 4.69) is 5.10 Å². The van der Waals surface area contributed by atoms with Crippen molar-refractivity contribution in [1.29, 1.82) is 0 Å². The fourth-order valence-electron chi connectivity index (χ4n) is 1.63. The van der Waals surface area contributed by atoms with Gasteiger partial charge < -0.3 is 5.11 Å². The fourth-order valence-corrected chi connectivity index (χ4v) is 1.63. The van der Waals surface area contributed by atoms with Gasteiger partial charge in [-0.15, -0.1) is 0 Å². The van der Waals surface area contributed by atoms with Gasteiger partial charge in [0.15, 0.2) is 5.78 Å². The summed E-state index contributed by atoms with van der Waals surface area (Å²) in [6.45, 7) is 6.02. The molecule has 1 aromatic carbocycles.